The lowest BCUT2D eigenvalue weighted by molar-refractivity contribution is -0.384. The average molecular weight is 378 g/mol. The molecule has 0 fully saturated rings. The van der Waals surface area contributed by atoms with Gasteiger partial charge in [0.05, 0.1) is 28.2 Å². The highest BCUT2D eigenvalue weighted by molar-refractivity contribution is 6.33. The van der Waals surface area contributed by atoms with Gasteiger partial charge in [0.15, 0.2) is 0 Å². The van der Waals surface area contributed by atoms with E-state index in [1.807, 2.05) is 0 Å². The van der Waals surface area contributed by atoms with Crippen LogP contribution in [0.5, 0.6) is 5.75 Å². The van der Waals surface area contributed by atoms with Crippen LogP contribution in [0, 0.1) is 10.1 Å². The van der Waals surface area contributed by atoms with E-state index in [-0.39, 0.29) is 36.0 Å². The molecule has 2 aromatic rings. The summed E-state index contributed by atoms with van der Waals surface area (Å²) < 4.78 is 5.05. The quantitative estimate of drug-likeness (QED) is 0.437. The first-order valence-corrected chi connectivity index (χ1v) is 7.95. The summed E-state index contributed by atoms with van der Waals surface area (Å²) in [6.45, 7) is 0.286. The molecule has 2 aromatic carbocycles. The summed E-state index contributed by atoms with van der Waals surface area (Å²) in [5, 5.41) is 16.4. The van der Waals surface area contributed by atoms with Gasteiger partial charge < -0.3 is 15.4 Å². The summed E-state index contributed by atoms with van der Waals surface area (Å²) in [7, 11) is 1.36. The number of hydrogen-bond acceptors (Lipinski definition) is 5. The number of hydrogen-bond donors (Lipinski definition) is 2. The third-order valence-corrected chi connectivity index (χ3v) is 3.78. The molecule has 0 aliphatic carbocycles. The van der Waals surface area contributed by atoms with Gasteiger partial charge in [-0.1, -0.05) is 23.7 Å². The summed E-state index contributed by atoms with van der Waals surface area (Å²) in [5.74, 6) is -0.691. The molecule has 0 atom stereocenters. The van der Waals surface area contributed by atoms with Gasteiger partial charge in [-0.25, -0.2) is 0 Å². The number of nitro groups is 1. The van der Waals surface area contributed by atoms with Crippen molar-refractivity contribution >= 4 is 29.1 Å². The van der Waals surface area contributed by atoms with E-state index in [0.29, 0.717) is 10.6 Å². The maximum absolute atomic E-state index is 12.2. The molecule has 2 N–H and O–H groups in total. The van der Waals surface area contributed by atoms with Crippen molar-refractivity contribution in [2.75, 3.05) is 20.2 Å². The van der Waals surface area contributed by atoms with Crippen molar-refractivity contribution in [1.29, 1.82) is 0 Å². The van der Waals surface area contributed by atoms with Crippen LogP contribution in [0.4, 0.5) is 5.69 Å². The minimum absolute atomic E-state index is 0.0409. The SMILES string of the molecule is COc1ccc([N+](=O)[O-])cc1C(=O)NCCNC(=O)c1ccccc1Cl. The average Bonchev–Trinajstić information content (AvgIpc) is 2.64. The molecule has 0 heterocycles. The highest BCUT2D eigenvalue weighted by Gasteiger charge is 2.17. The maximum Gasteiger partial charge on any atom is 0.270 e. The lowest BCUT2D eigenvalue weighted by Crippen LogP contribution is -2.35. The van der Waals surface area contributed by atoms with E-state index in [0.717, 1.165) is 6.07 Å². The first-order chi connectivity index (χ1) is 12.4. The molecule has 0 aliphatic heterocycles. The van der Waals surface area contributed by atoms with Crippen LogP contribution in [0.25, 0.3) is 0 Å². The number of nitro benzene ring substituents is 1. The van der Waals surface area contributed by atoms with Gasteiger partial charge >= 0.3 is 0 Å². The predicted molar refractivity (Wildman–Crippen MR) is 95.8 cm³/mol. The molecule has 8 nitrogen and oxygen atoms in total. The molecule has 2 rings (SSSR count). The van der Waals surface area contributed by atoms with Crippen molar-refractivity contribution < 1.29 is 19.2 Å². The van der Waals surface area contributed by atoms with Crippen LogP contribution in [0.2, 0.25) is 5.02 Å². The predicted octanol–water partition coefficient (Wildman–Crippen LogP) is 2.42. The fraction of sp³-hybridized carbons (Fsp3) is 0.176. The highest BCUT2D eigenvalue weighted by atomic mass is 35.5. The molecule has 26 heavy (non-hydrogen) atoms. The van der Waals surface area contributed by atoms with Crippen molar-refractivity contribution in [3.8, 4) is 5.75 Å². The van der Waals surface area contributed by atoms with E-state index in [4.69, 9.17) is 16.3 Å². The third-order valence-electron chi connectivity index (χ3n) is 3.45. The normalized spacial score (nSPS) is 10.1. The summed E-state index contributed by atoms with van der Waals surface area (Å²) in [6, 6.07) is 10.3. The number of ether oxygens (including phenoxy) is 1. The second-order valence-corrected chi connectivity index (χ2v) is 5.54. The van der Waals surface area contributed by atoms with Crippen molar-refractivity contribution in [2.45, 2.75) is 0 Å². The van der Waals surface area contributed by atoms with Crippen LogP contribution in [0.15, 0.2) is 42.5 Å². The molecule has 0 saturated carbocycles. The van der Waals surface area contributed by atoms with Gasteiger partial charge in [-0.3, -0.25) is 19.7 Å². The fourth-order valence-corrected chi connectivity index (χ4v) is 2.40. The van der Waals surface area contributed by atoms with E-state index in [9.17, 15) is 19.7 Å². The Balaban J connectivity index is 1.93. The molecule has 0 radical (unpaired) electrons. The minimum atomic E-state index is -0.597. The Morgan fingerprint density at radius 2 is 1.69 bits per heavy atom. The highest BCUT2D eigenvalue weighted by Crippen LogP contribution is 2.23. The first-order valence-electron chi connectivity index (χ1n) is 7.57. The monoisotopic (exact) mass is 377 g/mol. The summed E-state index contributed by atoms with van der Waals surface area (Å²) in [6.07, 6.45) is 0. The fourth-order valence-electron chi connectivity index (χ4n) is 2.17. The van der Waals surface area contributed by atoms with E-state index in [2.05, 4.69) is 10.6 Å². The summed E-state index contributed by atoms with van der Waals surface area (Å²) in [5.41, 5.74) is 0.156. The summed E-state index contributed by atoms with van der Waals surface area (Å²) in [4.78, 5) is 34.5. The number of benzene rings is 2. The number of nitrogens with one attached hydrogen (secondary N) is 2. The molecular formula is C17H16ClN3O5. The number of nitrogens with zero attached hydrogens (tertiary/aromatic N) is 1. The number of non-ortho nitro benzene ring substituents is 1. The van der Waals surface area contributed by atoms with Crippen LogP contribution in [0.1, 0.15) is 20.7 Å². The minimum Gasteiger partial charge on any atom is -0.496 e. The Morgan fingerprint density at radius 1 is 1.08 bits per heavy atom. The molecule has 0 spiro atoms. The Bertz CT molecular complexity index is 841. The van der Waals surface area contributed by atoms with E-state index in [1.165, 1.54) is 19.2 Å². The smallest absolute Gasteiger partial charge is 0.270 e. The van der Waals surface area contributed by atoms with Crippen molar-refractivity contribution in [2.24, 2.45) is 0 Å². The molecule has 9 heteroatoms. The van der Waals surface area contributed by atoms with Crippen LogP contribution in [-0.4, -0.2) is 36.9 Å². The van der Waals surface area contributed by atoms with Gasteiger partial charge in [0.1, 0.15) is 5.75 Å². The number of halogens is 1. The molecular weight excluding hydrogens is 362 g/mol. The number of methoxy groups -OCH3 is 1. The molecule has 0 bridgehead atoms. The molecule has 0 saturated heterocycles. The van der Waals surface area contributed by atoms with Gasteiger partial charge in [-0.2, -0.15) is 0 Å². The first kappa shape index (κ1) is 19.2. The zero-order valence-electron chi connectivity index (χ0n) is 13.8. The zero-order chi connectivity index (χ0) is 19.1. The standard InChI is InChI=1S/C17H16ClN3O5/c1-26-15-7-6-11(21(24)25)10-13(15)17(23)20-9-8-19-16(22)12-4-2-3-5-14(12)18/h2-7,10H,8-9H2,1H3,(H,19,22)(H,20,23). The lowest BCUT2D eigenvalue weighted by Gasteiger charge is -2.10. The maximum atomic E-state index is 12.2. The van der Waals surface area contributed by atoms with E-state index >= 15 is 0 Å². The van der Waals surface area contributed by atoms with Gasteiger partial charge in [-0.15, -0.1) is 0 Å². The Hall–Kier alpha value is -3.13. The second-order valence-electron chi connectivity index (χ2n) is 5.13. The summed E-state index contributed by atoms with van der Waals surface area (Å²) >= 11 is 5.94. The molecule has 136 valence electrons. The van der Waals surface area contributed by atoms with E-state index < -0.39 is 10.8 Å². The molecule has 2 amide bonds. The van der Waals surface area contributed by atoms with Crippen molar-refractivity contribution in [1.82, 2.24) is 10.6 Å². The molecule has 0 aromatic heterocycles. The Kier molecular flexibility index (Phi) is 6.51. The lowest BCUT2D eigenvalue weighted by atomic mass is 10.1. The number of amides is 2. The van der Waals surface area contributed by atoms with Gasteiger partial charge in [0.2, 0.25) is 0 Å². The van der Waals surface area contributed by atoms with Crippen LogP contribution >= 0.6 is 11.6 Å². The van der Waals surface area contributed by atoms with Gasteiger partial charge in [0, 0.05) is 25.2 Å². The number of carbonyl (C=O) groups is 2. The Labute approximate surface area is 154 Å². The zero-order valence-corrected chi connectivity index (χ0v) is 14.6. The van der Waals surface area contributed by atoms with Crippen LogP contribution < -0.4 is 15.4 Å². The largest absolute Gasteiger partial charge is 0.496 e. The number of carbonyl (C=O) groups excluding carboxylic acids is 2. The Morgan fingerprint density at radius 3 is 2.27 bits per heavy atom. The van der Waals surface area contributed by atoms with E-state index in [1.54, 1.807) is 24.3 Å². The van der Waals surface area contributed by atoms with Crippen molar-refractivity contribution in [3.05, 3.63) is 68.7 Å². The van der Waals surface area contributed by atoms with Gasteiger partial charge in [-0.05, 0) is 18.2 Å². The van der Waals surface area contributed by atoms with Crippen LogP contribution in [0.3, 0.4) is 0 Å². The third kappa shape index (κ3) is 4.70. The second kappa shape index (κ2) is 8.82. The number of rotatable bonds is 7. The molecule has 0 unspecified atom stereocenters. The van der Waals surface area contributed by atoms with Crippen molar-refractivity contribution in [3.63, 3.8) is 0 Å². The van der Waals surface area contributed by atoms with Crippen LogP contribution in [-0.2, 0) is 0 Å². The van der Waals surface area contributed by atoms with Gasteiger partial charge in [0.25, 0.3) is 17.5 Å². The molecule has 0 aliphatic rings. The topological polar surface area (TPSA) is 111 Å².